The van der Waals surface area contributed by atoms with Gasteiger partial charge in [0.25, 0.3) is 11.8 Å². The number of β-lactam (4-membered cyclic amide) rings is 1. The third-order valence-electron chi connectivity index (χ3n) is 4.74. The normalized spacial score (nSPS) is 22.2. The van der Waals surface area contributed by atoms with Crippen molar-refractivity contribution in [2.75, 3.05) is 12.4 Å². The molecule has 2 aliphatic heterocycles. The number of imide groups is 1. The molecule has 0 spiro atoms. The molecule has 4 rings (SSSR count). The molecule has 5 nitrogen and oxygen atoms in total. The van der Waals surface area contributed by atoms with Gasteiger partial charge in [-0.3, -0.25) is 19.3 Å². The lowest BCUT2D eigenvalue weighted by molar-refractivity contribution is -0.155. The molecule has 6 heteroatoms. The fourth-order valence-electron chi connectivity index (χ4n) is 3.60. The average Bonchev–Trinajstić information content (AvgIpc) is 2.89. The summed E-state index contributed by atoms with van der Waals surface area (Å²) in [4.78, 5) is 40.9. The summed E-state index contributed by atoms with van der Waals surface area (Å²) in [6.45, 7) is 0.375. The molecule has 0 radical (unpaired) electrons. The predicted octanol–water partition coefficient (Wildman–Crippen LogP) is 2.47. The van der Waals surface area contributed by atoms with Gasteiger partial charge in [-0.15, -0.1) is 11.6 Å². The average molecular weight is 355 g/mol. The second kappa shape index (κ2) is 6.01. The fourth-order valence-corrected chi connectivity index (χ4v) is 3.78. The zero-order chi connectivity index (χ0) is 17.6. The van der Waals surface area contributed by atoms with E-state index >= 15 is 0 Å². The van der Waals surface area contributed by atoms with Gasteiger partial charge in [-0.25, -0.2) is 0 Å². The molecule has 0 aliphatic carbocycles. The minimum atomic E-state index is -0.821. The van der Waals surface area contributed by atoms with E-state index in [4.69, 9.17) is 11.6 Å². The van der Waals surface area contributed by atoms with Gasteiger partial charge in [0.05, 0.1) is 17.2 Å². The molecule has 0 unspecified atom stereocenters. The van der Waals surface area contributed by atoms with Gasteiger partial charge in [0, 0.05) is 12.4 Å². The Morgan fingerprint density at radius 1 is 0.800 bits per heavy atom. The highest BCUT2D eigenvalue weighted by Gasteiger charge is 2.56. The van der Waals surface area contributed by atoms with Crippen LogP contribution in [0.25, 0.3) is 0 Å². The van der Waals surface area contributed by atoms with Crippen molar-refractivity contribution in [3.63, 3.8) is 0 Å². The Hall–Kier alpha value is -2.66. The zero-order valence-electron chi connectivity index (χ0n) is 13.3. The number of carbonyl (C=O) groups is 3. The Morgan fingerprint density at radius 2 is 1.36 bits per heavy atom. The monoisotopic (exact) mass is 354 g/mol. The Kier molecular flexibility index (Phi) is 3.81. The van der Waals surface area contributed by atoms with E-state index < -0.39 is 17.9 Å². The van der Waals surface area contributed by atoms with Crippen LogP contribution in [0.1, 0.15) is 32.3 Å². The lowest BCUT2D eigenvalue weighted by atomic mass is 9.87. The first-order chi connectivity index (χ1) is 12.1. The lowest BCUT2D eigenvalue weighted by Gasteiger charge is -2.49. The van der Waals surface area contributed by atoms with Crippen LogP contribution in [0.15, 0.2) is 54.6 Å². The molecule has 2 aromatic rings. The summed E-state index contributed by atoms with van der Waals surface area (Å²) in [5.41, 5.74) is 1.58. The van der Waals surface area contributed by atoms with E-state index in [1.165, 1.54) is 0 Å². The second-order valence-corrected chi connectivity index (χ2v) is 6.42. The van der Waals surface area contributed by atoms with Crippen LogP contribution in [0.4, 0.5) is 0 Å². The van der Waals surface area contributed by atoms with Gasteiger partial charge in [0.2, 0.25) is 5.91 Å². The third-order valence-corrected chi connectivity index (χ3v) is 4.91. The molecule has 1 saturated heterocycles. The van der Waals surface area contributed by atoms with Crippen LogP contribution in [0.3, 0.4) is 0 Å². The molecule has 1 fully saturated rings. The summed E-state index contributed by atoms with van der Waals surface area (Å²) >= 11 is 5.82. The topological polar surface area (TPSA) is 57.7 Å². The summed E-state index contributed by atoms with van der Waals surface area (Å²) in [6, 6.07) is 14.9. The van der Waals surface area contributed by atoms with E-state index in [1.807, 2.05) is 30.3 Å². The first kappa shape index (κ1) is 15.8. The number of halogens is 1. The van der Waals surface area contributed by atoms with Gasteiger partial charge >= 0.3 is 0 Å². The van der Waals surface area contributed by atoms with E-state index in [-0.39, 0.29) is 11.9 Å². The van der Waals surface area contributed by atoms with Gasteiger partial charge in [0.1, 0.15) is 6.04 Å². The molecular weight excluding hydrogens is 340 g/mol. The molecule has 0 bridgehead atoms. The number of hydrogen-bond donors (Lipinski definition) is 0. The zero-order valence-corrected chi connectivity index (χ0v) is 14.0. The van der Waals surface area contributed by atoms with Crippen LogP contribution < -0.4 is 0 Å². The van der Waals surface area contributed by atoms with Crippen molar-refractivity contribution in [1.82, 2.24) is 9.80 Å². The van der Waals surface area contributed by atoms with E-state index in [2.05, 4.69) is 0 Å². The largest absolute Gasteiger partial charge is 0.330 e. The summed E-state index contributed by atoms with van der Waals surface area (Å²) in [5, 5.41) is 0. The number of benzene rings is 2. The van der Waals surface area contributed by atoms with Crippen molar-refractivity contribution >= 4 is 29.3 Å². The van der Waals surface area contributed by atoms with E-state index in [1.54, 1.807) is 29.2 Å². The maximum atomic E-state index is 12.7. The molecule has 2 aliphatic rings. The third kappa shape index (κ3) is 2.27. The second-order valence-electron chi connectivity index (χ2n) is 6.05. The quantitative estimate of drug-likeness (QED) is 0.481. The van der Waals surface area contributed by atoms with E-state index in [0.717, 1.165) is 10.5 Å². The summed E-state index contributed by atoms with van der Waals surface area (Å²) in [7, 11) is 0. The van der Waals surface area contributed by atoms with Gasteiger partial charge in [-0.05, 0) is 17.7 Å². The molecule has 25 heavy (non-hydrogen) atoms. The Balaban J connectivity index is 1.73. The maximum absolute atomic E-state index is 12.7. The van der Waals surface area contributed by atoms with Crippen LogP contribution in [-0.4, -0.2) is 46.0 Å². The first-order valence-corrected chi connectivity index (χ1v) is 8.57. The number of fused-ring (bicyclic) bond motifs is 1. The van der Waals surface area contributed by atoms with E-state index in [0.29, 0.717) is 23.6 Å². The summed E-state index contributed by atoms with van der Waals surface area (Å²) in [5.74, 6) is -0.774. The van der Waals surface area contributed by atoms with Gasteiger partial charge in [-0.2, -0.15) is 0 Å². The first-order valence-electron chi connectivity index (χ1n) is 8.03. The molecule has 0 aromatic heterocycles. The van der Waals surface area contributed by atoms with Crippen molar-refractivity contribution < 1.29 is 14.4 Å². The van der Waals surface area contributed by atoms with Crippen molar-refractivity contribution in [3.05, 3.63) is 71.3 Å². The standard InChI is InChI=1S/C19H15ClN2O3/c20-10-11-21-15(12-6-2-1-3-7-12)16(19(21)25)22-17(23)13-8-4-5-9-14(13)18(22)24/h1-9,15-16H,10-11H2/t15-,16+/m1/s1. The van der Waals surface area contributed by atoms with Crippen molar-refractivity contribution in [2.24, 2.45) is 0 Å². The summed E-state index contributed by atoms with van der Waals surface area (Å²) < 4.78 is 0. The van der Waals surface area contributed by atoms with Crippen molar-refractivity contribution in [3.8, 4) is 0 Å². The van der Waals surface area contributed by atoms with Crippen molar-refractivity contribution in [2.45, 2.75) is 12.1 Å². The Labute approximate surface area is 149 Å². The molecule has 126 valence electrons. The number of rotatable bonds is 4. The van der Waals surface area contributed by atoms with Crippen molar-refractivity contribution in [1.29, 1.82) is 0 Å². The maximum Gasteiger partial charge on any atom is 0.262 e. The number of amides is 3. The van der Waals surface area contributed by atoms with E-state index in [9.17, 15) is 14.4 Å². The smallest absolute Gasteiger partial charge is 0.262 e. The van der Waals surface area contributed by atoms with Gasteiger partial charge in [0.15, 0.2) is 0 Å². The molecule has 0 saturated carbocycles. The Bertz CT molecular complexity index is 833. The minimum absolute atomic E-state index is 0.246. The number of nitrogens with zero attached hydrogens (tertiary/aromatic N) is 2. The van der Waals surface area contributed by atoms with Crippen LogP contribution in [0.5, 0.6) is 0 Å². The van der Waals surface area contributed by atoms with Crippen LogP contribution in [0, 0.1) is 0 Å². The summed E-state index contributed by atoms with van der Waals surface area (Å²) in [6.07, 6.45) is 0. The Morgan fingerprint density at radius 3 is 1.92 bits per heavy atom. The minimum Gasteiger partial charge on any atom is -0.330 e. The number of hydrogen-bond acceptors (Lipinski definition) is 3. The van der Waals surface area contributed by atoms with Crippen LogP contribution in [-0.2, 0) is 4.79 Å². The SMILES string of the molecule is O=C1[C@@H](N2C(=O)c3ccccc3C2=O)[C@@H](c2ccccc2)N1CCCl. The number of alkyl halides is 1. The molecule has 0 N–H and O–H groups in total. The number of likely N-dealkylation sites (tertiary alicyclic amines) is 1. The van der Waals surface area contributed by atoms with Crippen LogP contribution >= 0.6 is 11.6 Å². The predicted molar refractivity (Wildman–Crippen MR) is 92.3 cm³/mol. The van der Waals surface area contributed by atoms with Gasteiger partial charge in [-0.1, -0.05) is 42.5 Å². The highest BCUT2D eigenvalue weighted by atomic mass is 35.5. The molecule has 2 atom stereocenters. The number of carbonyl (C=O) groups excluding carboxylic acids is 3. The molecule has 2 heterocycles. The fraction of sp³-hybridized carbons (Fsp3) is 0.211. The van der Waals surface area contributed by atoms with Gasteiger partial charge < -0.3 is 4.90 Å². The molecule has 3 amide bonds. The molecular formula is C19H15ClN2O3. The highest BCUT2D eigenvalue weighted by Crippen LogP contribution is 2.41. The van der Waals surface area contributed by atoms with Crippen LogP contribution in [0.2, 0.25) is 0 Å². The molecule has 2 aromatic carbocycles. The lowest BCUT2D eigenvalue weighted by Crippen LogP contribution is -2.66. The highest BCUT2D eigenvalue weighted by molar-refractivity contribution is 6.23.